The summed E-state index contributed by atoms with van der Waals surface area (Å²) >= 11 is 0. The topological polar surface area (TPSA) is 60.9 Å². The third kappa shape index (κ3) is 1.93. The molecule has 0 aliphatic carbocycles. The fourth-order valence-electron chi connectivity index (χ4n) is 1.85. The fraction of sp³-hybridized carbons (Fsp3) is 0.231. The maximum Gasteiger partial charge on any atom is 0.213 e. The average molecular weight is 229 g/mol. The Bertz CT molecular complexity index is 543. The van der Waals surface area contributed by atoms with Gasteiger partial charge in [-0.1, -0.05) is 37.3 Å². The van der Waals surface area contributed by atoms with E-state index in [1.807, 2.05) is 25.1 Å². The first-order valence-corrected chi connectivity index (χ1v) is 5.56. The normalized spacial score (nSPS) is 10.5. The minimum atomic E-state index is -0.0854. The van der Waals surface area contributed by atoms with Crippen LogP contribution in [0, 0.1) is 0 Å². The Kier molecular flexibility index (Phi) is 2.95. The quantitative estimate of drug-likeness (QED) is 0.816. The molecule has 0 bridgehead atoms. The summed E-state index contributed by atoms with van der Waals surface area (Å²) in [7, 11) is 1.74. The van der Waals surface area contributed by atoms with Crippen LogP contribution in [0.25, 0.3) is 0 Å². The molecule has 0 saturated heterocycles. The Labute approximate surface area is 100 Å². The number of ketones is 1. The lowest BCUT2D eigenvalue weighted by molar-refractivity contribution is 0.103. The van der Waals surface area contributed by atoms with Crippen LogP contribution in [0.5, 0.6) is 0 Å². The number of aryl methyl sites for hydroxylation is 2. The highest BCUT2D eigenvalue weighted by Crippen LogP contribution is 2.20. The van der Waals surface area contributed by atoms with E-state index in [0.717, 1.165) is 12.1 Å². The lowest BCUT2D eigenvalue weighted by atomic mass is 10.1. The third-order valence-electron chi connectivity index (χ3n) is 2.75. The van der Waals surface area contributed by atoms with Gasteiger partial charge in [0.1, 0.15) is 5.69 Å². The molecule has 0 saturated carbocycles. The van der Waals surface area contributed by atoms with Crippen LogP contribution < -0.4 is 5.73 Å². The Hall–Kier alpha value is -2.10. The molecular formula is C13H15N3O. The molecular weight excluding hydrogens is 214 g/mol. The van der Waals surface area contributed by atoms with Crippen molar-refractivity contribution in [3.8, 4) is 0 Å². The van der Waals surface area contributed by atoms with Gasteiger partial charge in [-0.15, -0.1) is 0 Å². The van der Waals surface area contributed by atoms with Crippen molar-refractivity contribution < 1.29 is 4.79 Å². The van der Waals surface area contributed by atoms with Crippen molar-refractivity contribution in [1.29, 1.82) is 0 Å². The molecule has 88 valence electrons. The lowest BCUT2D eigenvalue weighted by Crippen LogP contribution is -2.10. The van der Waals surface area contributed by atoms with Crippen LogP contribution in [0.15, 0.2) is 30.3 Å². The Morgan fingerprint density at radius 1 is 1.35 bits per heavy atom. The molecule has 0 unspecified atom stereocenters. The largest absolute Gasteiger partial charge is 0.395 e. The molecule has 17 heavy (non-hydrogen) atoms. The first-order chi connectivity index (χ1) is 8.15. The first kappa shape index (κ1) is 11.4. The van der Waals surface area contributed by atoms with Crippen molar-refractivity contribution in [3.63, 3.8) is 0 Å². The molecule has 0 amide bonds. The zero-order chi connectivity index (χ0) is 12.4. The van der Waals surface area contributed by atoms with Crippen LogP contribution in [0.2, 0.25) is 0 Å². The second-order valence-corrected chi connectivity index (χ2v) is 3.88. The van der Waals surface area contributed by atoms with E-state index in [2.05, 4.69) is 5.10 Å². The van der Waals surface area contributed by atoms with Gasteiger partial charge < -0.3 is 5.73 Å². The minimum absolute atomic E-state index is 0.0854. The zero-order valence-electron chi connectivity index (χ0n) is 9.97. The molecule has 0 radical (unpaired) electrons. The highest BCUT2D eigenvalue weighted by molar-refractivity contribution is 6.11. The zero-order valence-corrected chi connectivity index (χ0v) is 9.97. The summed E-state index contributed by atoms with van der Waals surface area (Å²) in [6.07, 6.45) is 0.724. The Balaban J connectivity index is 2.48. The molecule has 2 N–H and O–H groups in total. The summed E-state index contributed by atoms with van der Waals surface area (Å²) in [5.41, 5.74) is 8.30. The van der Waals surface area contributed by atoms with Gasteiger partial charge in [0.2, 0.25) is 5.78 Å². The van der Waals surface area contributed by atoms with Crippen molar-refractivity contribution in [2.75, 3.05) is 5.73 Å². The Morgan fingerprint density at radius 3 is 2.53 bits per heavy atom. The van der Waals surface area contributed by atoms with Crippen molar-refractivity contribution in [2.45, 2.75) is 13.3 Å². The highest BCUT2D eigenvalue weighted by atomic mass is 16.1. The van der Waals surface area contributed by atoms with Crippen molar-refractivity contribution >= 4 is 11.5 Å². The molecule has 1 aromatic carbocycles. The lowest BCUT2D eigenvalue weighted by Gasteiger charge is -2.02. The van der Waals surface area contributed by atoms with E-state index in [1.165, 1.54) is 0 Å². The average Bonchev–Trinajstić information content (AvgIpc) is 2.64. The van der Waals surface area contributed by atoms with Gasteiger partial charge in [-0.05, 0) is 6.42 Å². The number of nitrogen functional groups attached to an aromatic ring is 1. The van der Waals surface area contributed by atoms with E-state index in [1.54, 1.807) is 23.9 Å². The molecule has 0 aliphatic rings. The molecule has 2 rings (SSSR count). The summed E-state index contributed by atoms with van der Waals surface area (Å²) in [5, 5.41) is 4.25. The van der Waals surface area contributed by atoms with Gasteiger partial charge in [-0.25, -0.2) is 0 Å². The van der Waals surface area contributed by atoms with Crippen molar-refractivity contribution in [2.24, 2.45) is 7.05 Å². The summed E-state index contributed by atoms with van der Waals surface area (Å²) < 4.78 is 1.56. The molecule has 0 aliphatic heterocycles. The van der Waals surface area contributed by atoms with Gasteiger partial charge in [0, 0.05) is 12.6 Å². The van der Waals surface area contributed by atoms with E-state index in [9.17, 15) is 4.79 Å². The number of aromatic nitrogens is 2. The summed E-state index contributed by atoms with van der Waals surface area (Å²) in [6, 6.07) is 9.10. The molecule has 0 atom stereocenters. The van der Waals surface area contributed by atoms with E-state index in [0.29, 0.717) is 16.9 Å². The standard InChI is InChI=1S/C13H15N3O/c1-3-10-11(14)12(16(2)15-10)13(17)9-7-5-4-6-8-9/h4-8H,3,14H2,1-2H3. The van der Waals surface area contributed by atoms with E-state index >= 15 is 0 Å². The predicted octanol–water partition coefficient (Wildman–Crippen LogP) is 1.80. The first-order valence-electron chi connectivity index (χ1n) is 5.56. The second kappa shape index (κ2) is 4.41. The number of carbonyl (C=O) groups excluding carboxylic acids is 1. The Morgan fingerprint density at radius 2 is 2.00 bits per heavy atom. The van der Waals surface area contributed by atoms with Gasteiger partial charge in [-0.3, -0.25) is 9.48 Å². The maximum absolute atomic E-state index is 12.3. The van der Waals surface area contributed by atoms with Crippen molar-refractivity contribution in [1.82, 2.24) is 9.78 Å². The number of nitrogens with two attached hydrogens (primary N) is 1. The van der Waals surface area contributed by atoms with Gasteiger partial charge >= 0.3 is 0 Å². The number of anilines is 1. The number of hydrogen-bond acceptors (Lipinski definition) is 3. The van der Waals surface area contributed by atoms with Crippen molar-refractivity contribution in [3.05, 3.63) is 47.3 Å². The number of nitrogens with zero attached hydrogens (tertiary/aromatic N) is 2. The number of benzene rings is 1. The van der Waals surface area contributed by atoms with Crippen LogP contribution in [0.4, 0.5) is 5.69 Å². The molecule has 2 aromatic rings. The summed E-state index contributed by atoms with van der Waals surface area (Å²) in [6.45, 7) is 1.97. The molecule has 4 heteroatoms. The fourth-order valence-corrected chi connectivity index (χ4v) is 1.85. The predicted molar refractivity (Wildman–Crippen MR) is 66.9 cm³/mol. The molecule has 0 spiro atoms. The maximum atomic E-state index is 12.3. The second-order valence-electron chi connectivity index (χ2n) is 3.88. The van der Waals surface area contributed by atoms with Crippen LogP contribution in [-0.4, -0.2) is 15.6 Å². The monoisotopic (exact) mass is 229 g/mol. The van der Waals surface area contributed by atoms with Crippen LogP contribution in [0.3, 0.4) is 0 Å². The SMILES string of the molecule is CCc1nn(C)c(C(=O)c2ccccc2)c1N. The number of hydrogen-bond donors (Lipinski definition) is 1. The molecule has 1 heterocycles. The summed E-state index contributed by atoms with van der Waals surface area (Å²) in [5.74, 6) is -0.0854. The highest BCUT2D eigenvalue weighted by Gasteiger charge is 2.19. The third-order valence-corrected chi connectivity index (χ3v) is 2.75. The van der Waals surface area contributed by atoms with E-state index in [-0.39, 0.29) is 5.78 Å². The summed E-state index contributed by atoms with van der Waals surface area (Å²) in [4.78, 5) is 12.3. The van der Waals surface area contributed by atoms with E-state index in [4.69, 9.17) is 5.73 Å². The van der Waals surface area contributed by atoms with Gasteiger partial charge in [0.25, 0.3) is 0 Å². The van der Waals surface area contributed by atoms with Crippen LogP contribution in [0.1, 0.15) is 28.7 Å². The molecule has 4 nitrogen and oxygen atoms in total. The smallest absolute Gasteiger partial charge is 0.213 e. The minimum Gasteiger partial charge on any atom is -0.395 e. The van der Waals surface area contributed by atoms with Gasteiger partial charge in [-0.2, -0.15) is 5.10 Å². The van der Waals surface area contributed by atoms with Crippen LogP contribution >= 0.6 is 0 Å². The van der Waals surface area contributed by atoms with Gasteiger partial charge in [0.05, 0.1) is 11.4 Å². The van der Waals surface area contributed by atoms with Crippen LogP contribution in [-0.2, 0) is 13.5 Å². The molecule has 1 aromatic heterocycles. The number of rotatable bonds is 3. The number of carbonyl (C=O) groups is 1. The van der Waals surface area contributed by atoms with Gasteiger partial charge in [0.15, 0.2) is 0 Å². The van der Waals surface area contributed by atoms with E-state index < -0.39 is 0 Å². The molecule has 0 fully saturated rings.